The molecule has 2 bridgehead atoms. The Balaban J connectivity index is 1.18. The summed E-state index contributed by atoms with van der Waals surface area (Å²) in [5.41, 5.74) is 1.79. The van der Waals surface area contributed by atoms with Gasteiger partial charge >= 0.3 is 0 Å². The van der Waals surface area contributed by atoms with Crippen LogP contribution in [-0.2, 0) is 21.2 Å². The molecule has 1 aromatic rings. The van der Waals surface area contributed by atoms with Gasteiger partial charge in [0.25, 0.3) is 5.91 Å². The molecule has 3 saturated heterocycles. The van der Waals surface area contributed by atoms with E-state index < -0.39 is 10.0 Å². The third kappa shape index (κ3) is 5.44. The molecule has 0 radical (unpaired) electrons. The number of hydrogen-bond acceptors (Lipinski definition) is 5. The molecule has 0 saturated carbocycles. The standard InChI is InChI=1S/C26H37ClN4O4S/c1-2-3-8-30-9-6-17(7-10-30)16-36(34,35)31-20-4-5-21(31)14-19(13-20)28-26(33)22-11-18-12-25(32)29-24(18)15-23(22)27/h11,15,17,19-21H,2-10,12-14,16H2,1H3,(H,28,33)(H,29,32)/t19?,20-,21+. The SMILES string of the molecule is CCCCN1CCC(CS(=O)(=O)N2[C@@H]3CC[C@H]2CC(NC(=O)c2cc4c(cc2Cl)NC(=O)C4)C3)CC1. The topological polar surface area (TPSA) is 98.8 Å². The molecule has 1 unspecified atom stereocenters. The summed E-state index contributed by atoms with van der Waals surface area (Å²) < 4.78 is 28.7. The summed E-state index contributed by atoms with van der Waals surface area (Å²) in [5, 5.41) is 6.15. The van der Waals surface area contributed by atoms with Gasteiger partial charge in [0.2, 0.25) is 15.9 Å². The molecular formula is C26H37ClN4O4S. The normalized spacial score (nSPS) is 27.2. The number of benzene rings is 1. The van der Waals surface area contributed by atoms with Gasteiger partial charge < -0.3 is 15.5 Å². The zero-order valence-electron chi connectivity index (χ0n) is 21.0. The molecule has 5 rings (SSSR count). The molecule has 4 aliphatic heterocycles. The van der Waals surface area contributed by atoms with E-state index in [0.29, 0.717) is 29.1 Å². The number of amides is 2. The Bertz CT molecular complexity index is 1110. The number of nitrogens with one attached hydrogen (secondary N) is 2. The molecule has 8 nitrogen and oxygen atoms in total. The summed E-state index contributed by atoms with van der Waals surface area (Å²) in [6.45, 7) is 5.31. The van der Waals surface area contributed by atoms with Crippen LogP contribution in [0.5, 0.6) is 0 Å². The van der Waals surface area contributed by atoms with E-state index >= 15 is 0 Å². The molecule has 3 atom stereocenters. The predicted octanol–water partition coefficient (Wildman–Crippen LogP) is 3.40. The van der Waals surface area contributed by atoms with E-state index in [2.05, 4.69) is 22.5 Å². The smallest absolute Gasteiger partial charge is 0.253 e. The maximum Gasteiger partial charge on any atom is 0.253 e. The van der Waals surface area contributed by atoms with Crippen molar-refractivity contribution in [3.63, 3.8) is 0 Å². The fourth-order valence-electron chi connectivity index (χ4n) is 6.53. The molecule has 4 aliphatic rings. The van der Waals surface area contributed by atoms with E-state index in [4.69, 9.17) is 11.6 Å². The minimum Gasteiger partial charge on any atom is -0.349 e. The Labute approximate surface area is 219 Å². The summed E-state index contributed by atoms with van der Waals surface area (Å²) >= 11 is 6.34. The van der Waals surface area contributed by atoms with Gasteiger partial charge in [-0.2, -0.15) is 4.31 Å². The van der Waals surface area contributed by atoms with Crippen molar-refractivity contribution >= 4 is 39.1 Å². The molecule has 2 amide bonds. The highest BCUT2D eigenvalue weighted by Gasteiger charge is 2.47. The molecule has 2 N–H and O–H groups in total. The Morgan fingerprint density at radius 3 is 2.50 bits per heavy atom. The highest BCUT2D eigenvalue weighted by Crippen LogP contribution is 2.39. The fourth-order valence-corrected chi connectivity index (χ4v) is 9.18. The number of likely N-dealkylation sites (tertiary alicyclic amines) is 1. The second-order valence-corrected chi connectivity index (χ2v) is 13.3. The largest absolute Gasteiger partial charge is 0.349 e. The second kappa shape index (κ2) is 10.6. The van der Waals surface area contributed by atoms with Crippen molar-refractivity contribution in [1.82, 2.24) is 14.5 Å². The van der Waals surface area contributed by atoms with Gasteiger partial charge in [-0.3, -0.25) is 9.59 Å². The molecule has 10 heteroatoms. The van der Waals surface area contributed by atoms with Crippen molar-refractivity contribution in [2.24, 2.45) is 5.92 Å². The quantitative estimate of drug-likeness (QED) is 0.530. The lowest BCUT2D eigenvalue weighted by Gasteiger charge is -2.39. The van der Waals surface area contributed by atoms with Crippen LogP contribution < -0.4 is 10.6 Å². The average molecular weight is 537 g/mol. The van der Waals surface area contributed by atoms with E-state index in [0.717, 1.165) is 50.9 Å². The van der Waals surface area contributed by atoms with Crippen molar-refractivity contribution in [2.75, 3.05) is 30.7 Å². The average Bonchev–Trinajstić information content (AvgIpc) is 3.33. The number of nitrogens with zero attached hydrogens (tertiary/aromatic N) is 2. The first-order chi connectivity index (χ1) is 17.2. The summed E-state index contributed by atoms with van der Waals surface area (Å²) in [6.07, 6.45) is 7.48. The van der Waals surface area contributed by atoms with Gasteiger partial charge in [-0.25, -0.2) is 8.42 Å². The number of carbonyl (C=O) groups is 2. The lowest BCUT2D eigenvalue weighted by atomic mass is 9.98. The number of piperidine rings is 2. The zero-order chi connectivity index (χ0) is 25.4. The highest BCUT2D eigenvalue weighted by molar-refractivity contribution is 7.89. The summed E-state index contributed by atoms with van der Waals surface area (Å²) in [5.74, 6) is 0.104. The van der Waals surface area contributed by atoms with Crippen LogP contribution in [0.2, 0.25) is 5.02 Å². The van der Waals surface area contributed by atoms with E-state index in [1.165, 1.54) is 12.8 Å². The molecule has 4 heterocycles. The first-order valence-electron chi connectivity index (χ1n) is 13.4. The lowest BCUT2D eigenvalue weighted by Crippen LogP contribution is -2.53. The number of rotatable bonds is 8. The third-order valence-corrected chi connectivity index (χ3v) is 10.8. The maximum atomic E-state index is 13.5. The Hall–Kier alpha value is -1.68. The van der Waals surface area contributed by atoms with Crippen molar-refractivity contribution in [3.05, 3.63) is 28.3 Å². The van der Waals surface area contributed by atoms with Crippen LogP contribution in [0.25, 0.3) is 0 Å². The van der Waals surface area contributed by atoms with Crippen molar-refractivity contribution in [1.29, 1.82) is 0 Å². The van der Waals surface area contributed by atoms with Crippen LogP contribution in [0.3, 0.4) is 0 Å². The summed E-state index contributed by atoms with van der Waals surface area (Å²) in [4.78, 5) is 27.2. The fraction of sp³-hybridized carbons (Fsp3) is 0.692. The molecule has 0 spiro atoms. The first-order valence-corrected chi connectivity index (χ1v) is 15.4. The van der Waals surface area contributed by atoms with Gasteiger partial charge in [-0.15, -0.1) is 0 Å². The van der Waals surface area contributed by atoms with Crippen LogP contribution in [0.1, 0.15) is 74.2 Å². The molecule has 1 aromatic carbocycles. The lowest BCUT2D eigenvalue weighted by molar-refractivity contribution is -0.115. The number of unbranched alkanes of at least 4 members (excludes halogenated alkanes) is 1. The predicted molar refractivity (Wildman–Crippen MR) is 141 cm³/mol. The minimum atomic E-state index is -3.33. The Morgan fingerprint density at radius 2 is 1.83 bits per heavy atom. The Morgan fingerprint density at radius 1 is 1.14 bits per heavy atom. The first kappa shape index (κ1) is 25.9. The van der Waals surface area contributed by atoms with E-state index in [-0.39, 0.29) is 48.0 Å². The van der Waals surface area contributed by atoms with Crippen molar-refractivity contribution in [2.45, 2.75) is 82.8 Å². The number of fused-ring (bicyclic) bond motifs is 3. The molecule has 0 aromatic heterocycles. The van der Waals surface area contributed by atoms with Crippen LogP contribution in [0, 0.1) is 5.92 Å². The van der Waals surface area contributed by atoms with Crippen molar-refractivity contribution in [3.8, 4) is 0 Å². The monoisotopic (exact) mass is 536 g/mol. The Kier molecular flexibility index (Phi) is 7.64. The van der Waals surface area contributed by atoms with Crippen molar-refractivity contribution < 1.29 is 18.0 Å². The van der Waals surface area contributed by atoms with Gasteiger partial charge in [0.15, 0.2) is 0 Å². The zero-order valence-corrected chi connectivity index (χ0v) is 22.5. The van der Waals surface area contributed by atoms with E-state index in [1.54, 1.807) is 16.4 Å². The maximum absolute atomic E-state index is 13.5. The number of halogens is 1. The van der Waals surface area contributed by atoms with Gasteiger partial charge in [0.05, 0.1) is 22.8 Å². The summed E-state index contributed by atoms with van der Waals surface area (Å²) in [6, 6.07) is 3.12. The van der Waals surface area contributed by atoms with Gasteiger partial charge in [0.1, 0.15) is 0 Å². The van der Waals surface area contributed by atoms with E-state index in [1.807, 2.05) is 0 Å². The minimum absolute atomic E-state index is 0.0546. The number of sulfonamides is 1. The molecule has 198 valence electrons. The molecule has 3 fully saturated rings. The second-order valence-electron chi connectivity index (χ2n) is 11.0. The number of carbonyl (C=O) groups excluding carboxylic acids is 2. The molecule has 0 aliphatic carbocycles. The van der Waals surface area contributed by atoms with Gasteiger partial charge in [0, 0.05) is 23.8 Å². The van der Waals surface area contributed by atoms with Gasteiger partial charge in [-0.1, -0.05) is 24.9 Å². The van der Waals surface area contributed by atoms with Crippen LogP contribution in [0.15, 0.2) is 12.1 Å². The molecule has 36 heavy (non-hydrogen) atoms. The van der Waals surface area contributed by atoms with E-state index in [9.17, 15) is 18.0 Å². The number of anilines is 1. The van der Waals surface area contributed by atoms with Crippen LogP contribution >= 0.6 is 11.6 Å². The van der Waals surface area contributed by atoms with Crippen LogP contribution in [-0.4, -0.2) is 72.9 Å². The number of hydrogen-bond donors (Lipinski definition) is 2. The third-order valence-electron chi connectivity index (χ3n) is 8.37. The molecular weight excluding hydrogens is 500 g/mol. The van der Waals surface area contributed by atoms with Gasteiger partial charge in [-0.05, 0) is 88.2 Å². The van der Waals surface area contributed by atoms with Crippen LogP contribution in [0.4, 0.5) is 5.69 Å². The summed E-state index contributed by atoms with van der Waals surface area (Å²) in [7, 11) is -3.33. The highest BCUT2D eigenvalue weighted by atomic mass is 35.5.